The highest BCUT2D eigenvalue weighted by atomic mass is 16.4. The van der Waals surface area contributed by atoms with Crippen LogP contribution in [0.4, 0.5) is 0 Å². The molecule has 0 saturated heterocycles. The van der Waals surface area contributed by atoms with Crippen molar-refractivity contribution in [3.63, 3.8) is 0 Å². The first-order valence-electron chi connectivity index (χ1n) is 3.82. The van der Waals surface area contributed by atoms with Crippen LogP contribution in [0.25, 0.3) is 0 Å². The zero-order valence-corrected chi connectivity index (χ0v) is 7.19. The molecule has 1 N–H and O–H groups in total. The Kier molecular flexibility index (Phi) is 2.47. The number of aromatic nitrogens is 2. The monoisotopic (exact) mass is 168 g/mol. The molecule has 66 valence electrons. The molecule has 1 atom stereocenters. The molecule has 1 aromatic heterocycles. The average Bonchev–Trinajstić information content (AvgIpc) is 2.36. The van der Waals surface area contributed by atoms with Crippen LogP contribution < -0.4 is 0 Å². The number of hydrogen-bond donors (Lipinski definition) is 1. The Morgan fingerprint density at radius 1 is 1.83 bits per heavy atom. The Morgan fingerprint density at radius 2 is 2.50 bits per heavy atom. The van der Waals surface area contributed by atoms with Gasteiger partial charge in [0, 0.05) is 18.9 Å². The van der Waals surface area contributed by atoms with E-state index >= 15 is 0 Å². The molecule has 1 aromatic rings. The molecule has 4 nitrogen and oxygen atoms in total. The van der Waals surface area contributed by atoms with E-state index in [1.165, 1.54) is 0 Å². The molecule has 0 unspecified atom stereocenters. The lowest BCUT2D eigenvalue weighted by Gasteiger charge is -2.07. The summed E-state index contributed by atoms with van der Waals surface area (Å²) in [6, 6.07) is 0. The van der Waals surface area contributed by atoms with Crippen LogP contribution in [0.2, 0.25) is 0 Å². The van der Waals surface area contributed by atoms with Crippen LogP contribution in [0.5, 0.6) is 0 Å². The van der Waals surface area contributed by atoms with Crippen LogP contribution in [0.15, 0.2) is 12.4 Å². The van der Waals surface area contributed by atoms with Crippen molar-refractivity contribution in [2.24, 2.45) is 5.92 Å². The zero-order valence-electron chi connectivity index (χ0n) is 7.19. The zero-order chi connectivity index (χ0) is 9.14. The second-order valence-corrected chi connectivity index (χ2v) is 2.87. The fourth-order valence-electron chi connectivity index (χ4n) is 0.970. The molecule has 0 aliphatic heterocycles. The molecule has 0 saturated carbocycles. The first-order chi connectivity index (χ1) is 5.61. The van der Waals surface area contributed by atoms with Gasteiger partial charge in [0.25, 0.3) is 0 Å². The van der Waals surface area contributed by atoms with Gasteiger partial charge in [-0.3, -0.25) is 4.79 Å². The number of carboxylic acids is 1. The largest absolute Gasteiger partial charge is 0.481 e. The molecule has 0 aliphatic rings. The van der Waals surface area contributed by atoms with E-state index in [1.807, 2.05) is 11.5 Å². The highest BCUT2D eigenvalue weighted by Gasteiger charge is 2.11. The van der Waals surface area contributed by atoms with E-state index in [4.69, 9.17) is 5.11 Å². The minimum Gasteiger partial charge on any atom is -0.481 e. The molecular weight excluding hydrogens is 156 g/mol. The third-order valence-corrected chi connectivity index (χ3v) is 1.82. The minimum atomic E-state index is -0.775. The molecule has 4 heteroatoms. The number of rotatable bonds is 3. The summed E-state index contributed by atoms with van der Waals surface area (Å²) in [4.78, 5) is 14.5. The van der Waals surface area contributed by atoms with Crippen molar-refractivity contribution in [1.29, 1.82) is 0 Å². The van der Waals surface area contributed by atoms with E-state index in [0.717, 1.165) is 5.82 Å². The fourth-order valence-corrected chi connectivity index (χ4v) is 0.970. The first-order valence-corrected chi connectivity index (χ1v) is 3.82. The second-order valence-electron chi connectivity index (χ2n) is 2.87. The van der Waals surface area contributed by atoms with Crippen molar-refractivity contribution in [2.75, 3.05) is 0 Å². The van der Waals surface area contributed by atoms with Crippen LogP contribution >= 0.6 is 0 Å². The topological polar surface area (TPSA) is 55.1 Å². The van der Waals surface area contributed by atoms with Gasteiger partial charge in [-0.25, -0.2) is 4.98 Å². The summed E-state index contributed by atoms with van der Waals surface area (Å²) in [5, 5.41) is 8.64. The summed E-state index contributed by atoms with van der Waals surface area (Å²) < 4.78 is 1.83. The van der Waals surface area contributed by atoms with E-state index in [0.29, 0.717) is 6.54 Å². The number of carboxylic acid groups (broad SMARTS) is 1. The van der Waals surface area contributed by atoms with Gasteiger partial charge in [0.15, 0.2) is 0 Å². The molecule has 0 spiro atoms. The third kappa shape index (κ3) is 1.84. The molecule has 0 aliphatic carbocycles. The number of nitrogens with zero attached hydrogens (tertiary/aromatic N) is 2. The lowest BCUT2D eigenvalue weighted by molar-refractivity contribution is -0.141. The molecule has 0 radical (unpaired) electrons. The average molecular weight is 168 g/mol. The Balaban J connectivity index is 2.64. The van der Waals surface area contributed by atoms with Gasteiger partial charge in [-0.15, -0.1) is 0 Å². The molecule has 12 heavy (non-hydrogen) atoms. The standard InChI is InChI=1S/C8H12N2O2/c1-6(8(11)12)5-10-4-3-9-7(10)2/h3-4,6H,5H2,1-2H3,(H,11,12)/t6-/m1/s1. The summed E-state index contributed by atoms with van der Waals surface area (Å²) in [6.45, 7) is 4.03. The highest BCUT2D eigenvalue weighted by Crippen LogP contribution is 2.03. The summed E-state index contributed by atoms with van der Waals surface area (Å²) in [5.74, 6) is -0.288. The lowest BCUT2D eigenvalue weighted by Crippen LogP contribution is -2.16. The van der Waals surface area contributed by atoms with Crippen molar-refractivity contribution in [2.45, 2.75) is 20.4 Å². The first kappa shape index (κ1) is 8.77. The maximum atomic E-state index is 10.5. The molecular formula is C8H12N2O2. The quantitative estimate of drug-likeness (QED) is 0.729. The van der Waals surface area contributed by atoms with Gasteiger partial charge in [-0.2, -0.15) is 0 Å². The van der Waals surface area contributed by atoms with Crippen molar-refractivity contribution < 1.29 is 9.90 Å². The normalized spacial score (nSPS) is 12.8. The van der Waals surface area contributed by atoms with Gasteiger partial charge in [-0.1, -0.05) is 6.92 Å². The van der Waals surface area contributed by atoms with E-state index in [2.05, 4.69) is 4.98 Å². The van der Waals surface area contributed by atoms with Crippen molar-refractivity contribution in [3.8, 4) is 0 Å². The van der Waals surface area contributed by atoms with E-state index in [9.17, 15) is 4.79 Å². The van der Waals surface area contributed by atoms with E-state index in [-0.39, 0.29) is 5.92 Å². The predicted octanol–water partition coefficient (Wildman–Crippen LogP) is 0.912. The van der Waals surface area contributed by atoms with Crippen LogP contribution in [0, 0.1) is 12.8 Å². The van der Waals surface area contributed by atoms with Gasteiger partial charge in [0.05, 0.1) is 5.92 Å². The Labute approximate surface area is 70.9 Å². The summed E-state index contributed by atoms with van der Waals surface area (Å²) in [7, 11) is 0. The Bertz CT molecular complexity index is 280. The van der Waals surface area contributed by atoms with E-state index in [1.54, 1.807) is 19.3 Å². The van der Waals surface area contributed by atoms with Gasteiger partial charge in [0.1, 0.15) is 5.82 Å². The van der Waals surface area contributed by atoms with Gasteiger partial charge in [-0.05, 0) is 6.92 Å². The minimum absolute atomic E-state index is 0.363. The van der Waals surface area contributed by atoms with Gasteiger partial charge < -0.3 is 9.67 Å². The number of aliphatic carboxylic acids is 1. The van der Waals surface area contributed by atoms with E-state index < -0.39 is 5.97 Å². The molecule has 0 aromatic carbocycles. The lowest BCUT2D eigenvalue weighted by atomic mass is 10.2. The fraction of sp³-hybridized carbons (Fsp3) is 0.500. The van der Waals surface area contributed by atoms with Crippen LogP contribution in [0.3, 0.4) is 0 Å². The number of hydrogen-bond acceptors (Lipinski definition) is 2. The maximum Gasteiger partial charge on any atom is 0.308 e. The second kappa shape index (κ2) is 3.38. The molecule has 1 heterocycles. The summed E-state index contributed by atoms with van der Waals surface area (Å²) in [6.07, 6.45) is 3.46. The van der Waals surface area contributed by atoms with Gasteiger partial charge >= 0.3 is 5.97 Å². The van der Waals surface area contributed by atoms with Gasteiger partial charge in [0.2, 0.25) is 0 Å². The molecule has 0 bridgehead atoms. The van der Waals surface area contributed by atoms with Crippen LogP contribution in [0.1, 0.15) is 12.7 Å². The third-order valence-electron chi connectivity index (χ3n) is 1.82. The highest BCUT2D eigenvalue weighted by molar-refractivity contribution is 5.69. The Hall–Kier alpha value is -1.32. The van der Waals surface area contributed by atoms with Crippen molar-refractivity contribution in [1.82, 2.24) is 9.55 Å². The molecule has 1 rings (SSSR count). The van der Waals surface area contributed by atoms with Crippen LogP contribution in [-0.2, 0) is 11.3 Å². The summed E-state index contributed by atoms with van der Waals surface area (Å²) >= 11 is 0. The van der Waals surface area contributed by atoms with Crippen molar-refractivity contribution in [3.05, 3.63) is 18.2 Å². The summed E-state index contributed by atoms with van der Waals surface area (Å²) in [5.41, 5.74) is 0. The van der Waals surface area contributed by atoms with Crippen LogP contribution in [-0.4, -0.2) is 20.6 Å². The maximum absolute atomic E-state index is 10.5. The SMILES string of the molecule is Cc1nccn1C[C@@H](C)C(=O)O. The predicted molar refractivity (Wildman–Crippen MR) is 43.8 cm³/mol. The number of aryl methyl sites for hydroxylation is 1. The number of carbonyl (C=O) groups is 1. The molecule has 0 fully saturated rings. The van der Waals surface area contributed by atoms with Crippen molar-refractivity contribution >= 4 is 5.97 Å². The molecule has 0 amide bonds. The number of imidazole rings is 1. The Morgan fingerprint density at radius 3 is 2.92 bits per heavy atom. The smallest absolute Gasteiger partial charge is 0.308 e.